The zero-order chi connectivity index (χ0) is 38.2. The van der Waals surface area contributed by atoms with Crippen LogP contribution < -0.4 is 9.64 Å². The van der Waals surface area contributed by atoms with Crippen molar-refractivity contribution < 1.29 is 28.0 Å². The second-order valence-electron chi connectivity index (χ2n) is 15.5. The average Bonchev–Trinajstić information content (AvgIpc) is 3.88. The first-order valence-corrected chi connectivity index (χ1v) is 17.6. The van der Waals surface area contributed by atoms with Crippen LogP contribution in [0.25, 0.3) is 22.2 Å². The number of nitrogens with zero attached hydrogens (tertiary/aromatic N) is 8. The first-order valence-electron chi connectivity index (χ1n) is 17.6. The molecule has 280 valence electrons. The van der Waals surface area contributed by atoms with Crippen LogP contribution in [0.15, 0.2) is 59.3 Å². The number of likely N-dealkylation sites (N-methyl/N-ethyl adjacent to an activating group) is 1. The zero-order valence-electron chi connectivity index (χ0n) is 31.8. The minimum atomic E-state index is -0.610. The van der Waals surface area contributed by atoms with Gasteiger partial charge in [-0.05, 0) is 68.1 Å². The largest absolute Gasteiger partial charge is 0.497 e. The summed E-state index contributed by atoms with van der Waals surface area (Å²) in [5, 5.41) is 9.80. The number of rotatable bonds is 9. The lowest BCUT2D eigenvalue weighted by atomic mass is 9.96. The van der Waals surface area contributed by atoms with Crippen molar-refractivity contribution in [2.24, 2.45) is 0 Å². The number of benzene rings is 2. The van der Waals surface area contributed by atoms with E-state index in [1.54, 1.807) is 38.4 Å². The summed E-state index contributed by atoms with van der Waals surface area (Å²) in [6, 6.07) is 14.5. The van der Waals surface area contributed by atoms with Crippen LogP contribution in [0, 0.1) is 5.82 Å². The van der Waals surface area contributed by atoms with Gasteiger partial charge in [0.25, 0.3) is 0 Å². The second kappa shape index (κ2) is 14.5. The van der Waals surface area contributed by atoms with Crippen LogP contribution in [0.3, 0.4) is 0 Å². The van der Waals surface area contributed by atoms with Gasteiger partial charge in [0.2, 0.25) is 0 Å². The molecule has 4 heterocycles. The average molecular weight is 727 g/mol. The zero-order valence-corrected chi connectivity index (χ0v) is 31.8. The lowest BCUT2D eigenvalue weighted by Crippen LogP contribution is -2.42. The molecule has 1 saturated heterocycles. The fourth-order valence-electron chi connectivity index (χ4n) is 6.24. The lowest BCUT2D eigenvalue weighted by molar-refractivity contribution is 0.0237. The van der Waals surface area contributed by atoms with E-state index < -0.39 is 17.3 Å². The van der Waals surface area contributed by atoms with Crippen LogP contribution in [0.5, 0.6) is 5.75 Å². The maximum Gasteiger partial charge on any atom is 0.410 e. The summed E-state index contributed by atoms with van der Waals surface area (Å²) >= 11 is 0. The second-order valence-corrected chi connectivity index (χ2v) is 15.5. The monoisotopic (exact) mass is 726 g/mol. The van der Waals surface area contributed by atoms with E-state index >= 15 is 4.39 Å². The number of carbonyl (C=O) groups is 2. The van der Waals surface area contributed by atoms with Gasteiger partial charge in [-0.1, -0.05) is 50.2 Å². The number of amides is 2. The number of aromatic nitrogens is 5. The van der Waals surface area contributed by atoms with E-state index in [1.807, 2.05) is 82.6 Å². The number of fused-ring (bicyclic) bond motifs is 1. The molecule has 0 spiro atoms. The van der Waals surface area contributed by atoms with Gasteiger partial charge in [-0.3, -0.25) is 4.79 Å². The first kappa shape index (κ1) is 37.2. The summed E-state index contributed by atoms with van der Waals surface area (Å²) in [6.07, 6.45) is 2.04. The maximum absolute atomic E-state index is 15.9. The Morgan fingerprint density at radius 3 is 2.42 bits per heavy atom. The van der Waals surface area contributed by atoms with Gasteiger partial charge in [-0.25, -0.2) is 18.9 Å². The third-order valence-corrected chi connectivity index (χ3v) is 9.20. The molecule has 6 rings (SSSR count). The molecule has 2 aromatic carbocycles. The minimum absolute atomic E-state index is 0.00465. The van der Waals surface area contributed by atoms with Crippen molar-refractivity contribution in [1.29, 1.82) is 0 Å². The molecule has 1 aliphatic heterocycles. The molecule has 14 heteroatoms. The van der Waals surface area contributed by atoms with Crippen LogP contribution in [-0.4, -0.2) is 92.6 Å². The highest BCUT2D eigenvalue weighted by atomic mass is 19.1. The van der Waals surface area contributed by atoms with Crippen molar-refractivity contribution in [3.05, 3.63) is 83.4 Å². The number of anilines is 1. The van der Waals surface area contributed by atoms with Crippen LogP contribution in [-0.2, 0) is 23.2 Å². The minimum Gasteiger partial charge on any atom is -0.497 e. The van der Waals surface area contributed by atoms with Crippen molar-refractivity contribution in [1.82, 2.24) is 34.7 Å². The predicted molar refractivity (Wildman–Crippen MR) is 198 cm³/mol. The molecule has 0 bridgehead atoms. The molecule has 5 aromatic rings. The molecule has 2 amide bonds. The summed E-state index contributed by atoms with van der Waals surface area (Å²) in [5.74, 6) is 0.750. The Morgan fingerprint density at radius 1 is 1.04 bits per heavy atom. The molecule has 0 unspecified atom stereocenters. The van der Waals surface area contributed by atoms with Crippen molar-refractivity contribution in [3.8, 4) is 16.9 Å². The van der Waals surface area contributed by atoms with E-state index in [-0.39, 0.29) is 30.0 Å². The quantitative estimate of drug-likeness (QED) is 0.162. The van der Waals surface area contributed by atoms with Crippen molar-refractivity contribution in [2.45, 2.75) is 78.1 Å². The molecular formula is C39H47FN8O5. The Kier molecular flexibility index (Phi) is 10.2. The van der Waals surface area contributed by atoms with E-state index in [0.717, 1.165) is 28.7 Å². The third-order valence-electron chi connectivity index (χ3n) is 9.20. The van der Waals surface area contributed by atoms with Crippen LogP contribution in [0.2, 0.25) is 0 Å². The number of methoxy groups -OCH3 is 1. The fourth-order valence-corrected chi connectivity index (χ4v) is 6.24. The Hall–Kier alpha value is -5.53. The Balaban J connectivity index is 1.32. The third kappa shape index (κ3) is 8.11. The molecule has 0 N–H and O–H groups in total. The topological polar surface area (TPSA) is 132 Å². The van der Waals surface area contributed by atoms with E-state index in [0.29, 0.717) is 48.1 Å². The molecule has 0 radical (unpaired) electrons. The number of hydrogen-bond donors (Lipinski definition) is 0. The van der Waals surface area contributed by atoms with Gasteiger partial charge >= 0.3 is 17.9 Å². The van der Waals surface area contributed by atoms with Gasteiger partial charge in [0, 0.05) is 50.9 Å². The van der Waals surface area contributed by atoms with E-state index in [4.69, 9.17) is 24.1 Å². The van der Waals surface area contributed by atoms with Gasteiger partial charge in [0.15, 0.2) is 17.3 Å². The number of ether oxygens (including phenoxy) is 2. The van der Waals surface area contributed by atoms with E-state index in [9.17, 15) is 9.59 Å². The molecule has 1 atom stereocenters. The van der Waals surface area contributed by atoms with Gasteiger partial charge in [0.05, 0.1) is 25.1 Å². The fraction of sp³-hybridized carbons (Fsp3) is 0.436. The molecule has 0 aliphatic carbocycles. The predicted octanol–water partition coefficient (Wildman–Crippen LogP) is 6.69. The van der Waals surface area contributed by atoms with Crippen LogP contribution >= 0.6 is 0 Å². The van der Waals surface area contributed by atoms with Crippen LogP contribution in [0.4, 0.5) is 15.0 Å². The summed E-state index contributed by atoms with van der Waals surface area (Å²) in [5.41, 5.74) is 2.36. The SMILES string of the molecule is COc1ccc(Cn2nc(N3CC[C@@H](N(C)C(=O)OC(C)(C)C)C3)c3c(-c4ccc(CN(C)C(=O)c5nc(C(C)(C)C)no5)c(F)c4)ccnc32)cc1. The molecule has 1 aliphatic rings. The number of hydrogen-bond acceptors (Lipinski definition) is 10. The Labute approximate surface area is 308 Å². The van der Waals surface area contributed by atoms with Gasteiger partial charge in [0.1, 0.15) is 17.2 Å². The lowest BCUT2D eigenvalue weighted by Gasteiger charge is -2.28. The number of carbonyl (C=O) groups excluding carboxylic acids is 2. The molecule has 53 heavy (non-hydrogen) atoms. The van der Waals surface area contributed by atoms with E-state index in [2.05, 4.69) is 15.0 Å². The van der Waals surface area contributed by atoms with Crippen molar-refractivity contribution in [2.75, 3.05) is 39.2 Å². The molecule has 1 fully saturated rings. The molecule has 3 aromatic heterocycles. The highest BCUT2D eigenvalue weighted by Gasteiger charge is 2.34. The molecule has 0 saturated carbocycles. The van der Waals surface area contributed by atoms with Gasteiger partial charge < -0.3 is 28.7 Å². The summed E-state index contributed by atoms with van der Waals surface area (Å²) in [7, 11) is 4.95. The smallest absolute Gasteiger partial charge is 0.410 e. The van der Waals surface area contributed by atoms with Gasteiger partial charge in [-0.2, -0.15) is 10.1 Å². The van der Waals surface area contributed by atoms with E-state index in [1.165, 1.54) is 11.0 Å². The van der Waals surface area contributed by atoms with Crippen molar-refractivity contribution >= 4 is 28.9 Å². The van der Waals surface area contributed by atoms with Crippen LogP contribution in [0.1, 0.15) is 75.6 Å². The van der Waals surface area contributed by atoms with Crippen molar-refractivity contribution in [3.63, 3.8) is 0 Å². The highest BCUT2D eigenvalue weighted by Crippen LogP contribution is 2.37. The molecular weight excluding hydrogens is 679 g/mol. The number of pyridine rings is 1. The normalized spacial score (nSPS) is 14.8. The number of halogens is 1. The molecule has 13 nitrogen and oxygen atoms in total. The Morgan fingerprint density at radius 2 is 1.77 bits per heavy atom. The highest BCUT2D eigenvalue weighted by molar-refractivity contribution is 6.01. The standard InChI is InChI=1S/C39H47FN8O5/c1-38(2,3)36-42-34(53-44-36)35(49)45(7)22-26-13-12-25(20-30(26)40)29-16-18-41-32-31(29)33(43-48(32)21-24-10-14-28(51-9)15-11-24)47-19-17-27(23-47)46(8)37(50)52-39(4,5)6/h10-16,18,20,27H,17,19,21-23H2,1-9H3/t27-/m1/s1. The summed E-state index contributed by atoms with van der Waals surface area (Å²) < 4.78 is 34.0. The first-order chi connectivity index (χ1) is 25.0. The Bertz CT molecular complexity index is 2110. The van der Waals surface area contributed by atoms with Gasteiger partial charge in [-0.15, -0.1) is 0 Å². The summed E-state index contributed by atoms with van der Waals surface area (Å²) in [4.78, 5) is 40.2. The maximum atomic E-state index is 15.9. The summed E-state index contributed by atoms with van der Waals surface area (Å²) in [6.45, 7) is 12.9.